The quantitative estimate of drug-likeness (QED) is 0.858. The molecule has 1 aromatic heterocycles. The molecule has 1 unspecified atom stereocenters. The Morgan fingerprint density at radius 2 is 2.19 bits per heavy atom. The number of hydrogen-bond donors (Lipinski definition) is 1. The summed E-state index contributed by atoms with van der Waals surface area (Å²) in [6, 6.07) is 9.46. The molecule has 2 aromatic rings. The summed E-state index contributed by atoms with van der Waals surface area (Å²) in [6.07, 6.45) is 2.34. The van der Waals surface area contributed by atoms with E-state index < -0.39 is 0 Å². The minimum atomic E-state index is -0.0863. The molecule has 0 radical (unpaired) electrons. The highest BCUT2D eigenvalue weighted by Crippen LogP contribution is 2.25. The Morgan fingerprint density at radius 3 is 2.88 bits per heavy atom. The molecule has 0 amide bonds. The normalized spacial score (nSPS) is 12.7. The Hall–Kier alpha value is -0.520. The van der Waals surface area contributed by atoms with E-state index in [-0.39, 0.29) is 6.04 Å². The second-order valence-electron chi connectivity index (χ2n) is 3.56. The largest absolute Gasteiger partial charge is 0.469 e. The van der Waals surface area contributed by atoms with Gasteiger partial charge in [-0.1, -0.05) is 11.6 Å². The molecular formula is C12H11ClINO. The SMILES string of the molecule is NC(Cc1ccco1)c1cc(Cl)ccc1I. The van der Waals surface area contributed by atoms with Crippen molar-refractivity contribution in [1.29, 1.82) is 0 Å². The molecule has 1 aromatic carbocycles. The number of rotatable bonds is 3. The van der Waals surface area contributed by atoms with Crippen LogP contribution in [0.15, 0.2) is 41.0 Å². The first kappa shape index (κ1) is 12.0. The van der Waals surface area contributed by atoms with Crippen molar-refractivity contribution < 1.29 is 4.42 Å². The van der Waals surface area contributed by atoms with Crippen molar-refractivity contribution in [2.24, 2.45) is 5.73 Å². The predicted octanol–water partition coefficient (Wildman–Crippen LogP) is 3.78. The Balaban J connectivity index is 2.20. The Kier molecular flexibility index (Phi) is 3.89. The van der Waals surface area contributed by atoms with Crippen molar-refractivity contribution >= 4 is 34.2 Å². The van der Waals surface area contributed by atoms with Gasteiger partial charge in [0.1, 0.15) is 5.76 Å². The Morgan fingerprint density at radius 1 is 1.38 bits per heavy atom. The third-order valence-electron chi connectivity index (χ3n) is 2.36. The van der Waals surface area contributed by atoms with Gasteiger partial charge < -0.3 is 10.2 Å². The fraction of sp³-hybridized carbons (Fsp3) is 0.167. The summed E-state index contributed by atoms with van der Waals surface area (Å²) in [5, 5.41) is 0.713. The summed E-state index contributed by atoms with van der Waals surface area (Å²) in [6.45, 7) is 0. The van der Waals surface area contributed by atoms with E-state index in [4.69, 9.17) is 21.8 Å². The van der Waals surface area contributed by atoms with Gasteiger partial charge in [0.05, 0.1) is 6.26 Å². The molecule has 2 nitrogen and oxygen atoms in total. The van der Waals surface area contributed by atoms with E-state index in [1.54, 1.807) is 6.26 Å². The maximum atomic E-state index is 6.13. The van der Waals surface area contributed by atoms with Gasteiger partial charge in [0, 0.05) is 21.1 Å². The highest BCUT2D eigenvalue weighted by atomic mass is 127. The molecule has 1 atom stereocenters. The maximum Gasteiger partial charge on any atom is 0.105 e. The van der Waals surface area contributed by atoms with Crippen molar-refractivity contribution in [1.82, 2.24) is 0 Å². The second-order valence-corrected chi connectivity index (χ2v) is 5.15. The fourth-order valence-corrected chi connectivity index (χ4v) is 2.47. The molecule has 0 saturated carbocycles. The lowest BCUT2D eigenvalue weighted by molar-refractivity contribution is 0.488. The molecular weight excluding hydrogens is 336 g/mol. The van der Waals surface area contributed by atoms with E-state index in [9.17, 15) is 0 Å². The molecule has 0 bridgehead atoms. The van der Waals surface area contributed by atoms with E-state index in [2.05, 4.69) is 22.6 Å². The van der Waals surface area contributed by atoms with Crippen LogP contribution in [0, 0.1) is 3.57 Å². The summed E-state index contributed by atoms with van der Waals surface area (Å²) in [5.41, 5.74) is 7.19. The molecule has 16 heavy (non-hydrogen) atoms. The molecule has 0 saturated heterocycles. The van der Waals surface area contributed by atoms with Crippen LogP contribution in [0.5, 0.6) is 0 Å². The van der Waals surface area contributed by atoms with Gasteiger partial charge in [-0.3, -0.25) is 0 Å². The van der Waals surface area contributed by atoms with Crippen LogP contribution in [0.1, 0.15) is 17.4 Å². The van der Waals surface area contributed by atoms with Crippen LogP contribution in [0.3, 0.4) is 0 Å². The van der Waals surface area contributed by atoms with E-state index in [1.165, 1.54) is 0 Å². The molecule has 0 fully saturated rings. The van der Waals surface area contributed by atoms with Crippen molar-refractivity contribution in [2.45, 2.75) is 12.5 Å². The standard InChI is InChI=1S/C12H11ClINO/c13-8-3-4-11(14)10(6-8)12(15)7-9-2-1-5-16-9/h1-6,12H,7,15H2. The van der Waals surface area contributed by atoms with E-state index in [0.717, 1.165) is 14.9 Å². The topological polar surface area (TPSA) is 39.2 Å². The summed E-state index contributed by atoms with van der Waals surface area (Å²) in [7, 11) is 0. The summed E-state index contributed by atoms with van der Waals surface area (Å²) in [4.78, 5) is 0. The molecule has 84 valence electrons. The van der Waals surface area contributed by atoms with Gasteiger partial charge in [0.15, 0.2) is 0 Å². The zero-order valence-corrected chi connectivity index (χ0v) is 11.4. The zero-order valence-electron chi connectivity index (χ0n) is 8.49. The summed E-state index contributed by atoms with van der Waals surface area (Å²) < 4.78 is 6.41. The first-order valence-corrected chi connectivity index (χ1v) is 6.35. The molecule has 2 N–H and O–H groups in total. The minimum Gasteiger partial charge on any atom is -0.469 e. The molecule has 4 heteroatoms. The first-order valence-electron chi connectivity index (χ1n) is 4.89. The van der Waals surface area contributed by atoms with E-state index in [0.29, 0.717) is 11.4 Å². The lowest BCUT2D eigenvalue weighted by Crippen LogP contribution is -2.14. The monoisotopic (exact) mass is 347 g/mol. The van der Waals surface area contributed by atoms with Gasteiger partial charge in [0.2, 0.25) is 0 Å². The molecule has 0 spiro atoms. The third kappa shape index (κ3) is 2.78. The molecule has 0 aliphatic rings. The summed E-state index contributed by atoms with van der Waals surface area (Å²) in [5.74, 6) is 0.892. The second kappa shape index (κ2) is 5.21. The molecule has 2 rings (SSSR count). The van der Waals surface area contributed by atoms with Gasteiger partial charge >= 0.3 is 0 Å². The highest BCUT2D eigenvalue weighted by Gasteiger charge is 2.12. The predicted molar refractivity (Wildman–Crippen MR) is 73.5 cm³/mol. The summed E-state index contributed by atoms with van der Waals surface area (Å²) >= 11 is 8.22. The van der Waals surface area contributed by atoms with Gasteiger partial charge in [-0.15, -0.1) is 0 Å². The first-order chi connectivity index (χ1) is 7.66. The van der Waals surface area contributed by atoms with E-state index >= 15 is 0 Å². The van der Waals surface area contributed by atoms with Crippen molar-refractivity contribution in [3.63, 3.8) is 0 Å². The smallest absolute Gasteiger partial charge is 0.105 e. The van der Waals surface area contributed by atoms with Crippen LogP contribution in [0.4, 0.5) is 0 Å². The van der Waals surface area contributed by atoms with Crippen LogP contribution in [0.25, 0.3) is 0 Å². The third-order valence-corrected chi connectivity index (χ3v) is 3.58. The van der Waals surface area contributed by atoms with Gasteiger partial charge in [-0.25, -0.2) is 0 Å². The highest BCUT2D eigenvalue weighted by molar-refractivity contribution is 14.1. The number of hydrogen-bond acceptors (Lipinski definition) is 2. The Labute approximate surface area is 113 Å². The lowest BCUT2D eigenvalue weighted by Gasteiger charge is -2.12. The number of nitrogens with two attached hydrogens (primary N) is 1. The van der Waals surface area contributed by atoms with Crippen molar-refractivity contribution in [3.05, 3.63) is 56.5 Å². The average molecular weight is 348 g/mol. The van der Waals surface area contributed by atoms with Crippen molar-refractivity contribution in [2.75, 3.05) is 0 Å². The average Bonchev–Trinajstić information content (AvgIpc) is 2.74. The van der Waals surface area contributed by atoms with Gasteiger partial charge in [-0.2, -0.15) is 0 Å². The van der Waals surface area contributed by atoms with Gasteiger partial charge in [0.25, 0.3) is 0 Å². The minimum absolute atomic E-state index is 0.0863. The van der Waals surface area contributed by atoms with Crippen LogP contribution < -0.4 is 5.73 Å². The number of benzene rings is 1. The molecule has 1 heterocycles. The van der Waals surface area contributed by atoms with Crippen LogP contribution in [-0.4, -0.2) is 0 Å². The fourth-order valence-electron chi connectivity index (χ4n) is 1.55. The van der Waals surface area contributed by atoms with Gasteiger partial charge in [-0.05, 0) is 58.5 Å². The van der Waals surface area contributed by atoms with Crippen molar-refractivity contribution in [3.8, 4) is 0 Å². The van der Waals surface area contributed by atoms with Crippen LogP contribution in [0.2, 0.25) is 5.02 Å². The Bertz CT molecular complexity index is 470. The van der Waals surface area contributed by atoms with Crippen LogP contribution in [-0.2, 0) is 6.42 Å². The number of furan rings is 1. The van der Waals surface area contributed by atoms with E-state index in [1.807, 2.05) is 30.3 Å². The molecule has 0 aliphatic carbocycles. The number of halogens is 2. The lowest BCUT2D eigenvalue weighted by atomic mass is 10.0. The maximum absolute atomic E-state index is 6.13. The molecule has 0 aliphatic heterocycles. The van der Waals surface area contributed by atoms with Crippen LogP contribution >= 0.6 is 34.2 Å². The zero-order chi connectivity index (χ0) is 11.5.